The molecule has 2 amide bonds. The molecule has 2 aliphatic rings. The zero-order chi connectivity index (χ0) is 14.4. The summed E-state index contributed by atoms with van der Waals surface area (Å²) in [5, 5.41) is 0. The predicted octanol–water partition coefficient (Wildman–Crippen LogP) is 3.88. The first-order valence-corrected chi connectivity index (χ1v) is 9.03. The van der Waals surface area contributed by atoms with Gasteiger partial charge in [-0.2, -0.15) is 0 Å². The summed E-state index contributed by atoms with van der Waals surface area (Å²) in [7, 11) is 0. The average Bonchev–Trinajstić information content (AvgIpc) is 2.65. The third-order valence-corrected chi connectivity index (χ3v) is 7.26. The SMILES string of the molecule is O=C1[C@H]2C[C@@H](Br)[C@@H](Br)C[C@H]2C(=O)N1c1ccc(Br)cc1. The monoisotopic (exact) mass is 463 g/mol. The molecule has 1 aliphatic carbocycles. The minimum absolute atomic E-state index is 0.0637. The Hall–Kier alpha value is -0.200. The molecular weight excluding hydrogens is 454 g/mol. The molecule has 1 aromatic carbocycles. The minimum atomic E-state index is -0.190. The smallest absolute Gasteiger partial charge is 0.237 e. The molecule has 3 rings (SSSR count). The molecule has 6 heteroatoms. The van der Waals surface area contributed by atoms with Crippen LogP contribution in [0.3, 0.4) is 0 Å². The molecule has 4 atom stereocenters. The van der Waals surface area contributed by atoms with Crippen molar-refractivity contribution in [2.75, 3.05) is 4.90 Å². The fourth-order valence-electron chi connectivity index (χ4n) is 2.94. The summed E-state index contributed by atoms with van der Waals surface area (Å²) in [4.78, 5) is 26.9. The van der Waals surface area contributed by atoms with Crippen LogP contribution >= 0.6 is 47.8 Å². The number of hydrogen-bond donors (Lipinski definition) is 0. The Kier molecular flexibility index (Phi) is 4.08. The summed E-state index contributed by atoms with van der Waals surface area (Å²) in [6, 6.07) is 7.29. The maximum absolute atomic E-state index is 12.5. The average molecular weight is 466 g/mol. The van der Waals surface area contributed by atoms with E-state index < -0.39 is 0 Å². The van der Waals surface area contributed by atoms with E-state index >= 15 is 0 Å². The Morgan fingerprint density at radius 2 is 1.35 bits per heavy atom. The molecule has 0 N–H and O–H groups in total. The Labute approximate surface area is 142 Å². The number of nitrogens with zero attached hydrogens (tertiary/aromatic N) is 1. The van der Waals surface area contributed by atoms with E-state index in [9.17, 15) is 9.59 Å². The van der Waals surface area contributed by atoms with Gasteiger partial charge in [0.25, 0.3) is 0 Å². The van der Waals surface area contributed by atoms with Crippen LogP contribution in [0.25, 0.3) is 0 Å². The van der Waals surface area contributed by atoms with Gasteiger partial charge in [-0.05, 0) is 37.1 Å². The van der Waals surface area contributed by atoms with E-state index in [4.69, 9.17) is 0 Å². The summed E-state index contributed by atoms with van der Waals surface area (Å²) in [5.41, 5.74) is 0.662. The minimum Gasteiger partial charge on any atom is -0.274 e. The van der Waals surface area contributed by atoms with Gasteiger partial charge in [-0.1, -0.05) is 47.8 Å². The quantitative estimate of drug-likeness (QED) is 0.466. The van der Waals surface area contributed by atoms with Gasteiger partial charge in [0, 0.05) is 14.1 Å². The van der Waals surface area contributed by atoms with Crippen LogP contribution < -0.4 is 4.90 Å². The van der Waals surface area contributed by atoms with E-state index in [1.807, 2.05) is 12.1 Å². The Balaban J connectivity index is 1.93. The molecule has 1 aliphatic heterocycles. The molecule has 1 saturated carbocycles. The molecule has 0 aromatic heterocycles. The predicted molar refractivity (Wildman–Crippen MR) is 88.3 cm³/mol. The highest BCUT2D eigenvalue weighted by Crippen LogP contribution is 2.44. The summed E-state index contributed by atoms with van der Waals surface area (Å²) < 4.78 is 0.929. The lowest BCUT2D eigenvalue weighted by Crippen LogP contribution is -2.34. The molecular formula is C14H12Br3NO2. The van der Waals surface area contributed by atoms with Gasteiger partial charge in [0.2, 0.25) is 11.8 Å². The number of amides is 2. The topological polar surface area (TPSA) is 37.4 Å². The van der Waals surface area contributed by atoms with Crippen molar-refractivity contribution in [2.24, 2.45) is 11.8 Å². The van der Waals surface area contributed by atoms with E-state index in [1.54, 1.807) is 12.1 Å². The van der Waals surface area contributed by atoms with Gasteiger partial charge < -0.3 is 0 Å². The maximum atomic E-state index is 12.5. The zero-order valence-electron chi connectivity index (χ0n) is 10.4. The number of anilines is 1. The molecule has 1 saturated heterocycles. The second-order valence-corrected chi connectivity index (χ2v) is 8.47. The van der Waals surface area contributed by atoms with Crippen LogP contribution in [-0.2, 0) is 9.59 Å². The molecule has 1 heterocycles. The van der Waals surface area contributed by atoms with Gasteiger partial charge in [-0.15, -0.1) is 0 Å². The summed E-state index contributed by atoms with van der Waals surface area (Å²) >= 11 is 10.5. The zero-order valence-corrected chi connectivity index (χ0v) is 15.2. The molecule has 20 heavy (non-hydrogen) atoms. The number of benzene rings is 1. The molecule has 1 aromatic rings. The third-order valence-electron chi connectivity index (χ3n) is 4.00. The Morgan fingerprint density at radius 3 is 1.80 bits per heavy atom. The summed E-state index contributed by atoms with van der Waals surface area (Å²) in [6.45, 7) is 0. The second kappa shape index (κ2) is 5.54. The van der Waals surface area contributed by atoms with Crippen LogP contribution in [0, 0.1) is 11.8 Å². The van der Waals surface area contributed by atoms with Crippen molar-refractivity contribution < 1.29 is 9.59 Å². The van der Waals surface area contributed by atoms with Gasteiger partial charge in [-0.25, -0.2) is 0 Å². The Bertz CT molecular complexity index is 532. The maximum Gasteiger partial charge on any atom is 0.237 e. The highest BCUT2D eigenvalue weighted by atomic mass is 79.9. The standard InChI is InChI=1S/C14H12Br3NO2/c15-7-1-3-8(4-2-7)18-13(19)9-5-11(16)12(17)6-10(9)14(18)20/h1-4,9-12H,5-6H2/t9-,10+,11+,12-. The van der Waals surface area contributed by atoms with E-state index in [0.717, 1.165) is 4.47 Å². The van der Waals surface area contributed by atoms with Crippen molar-refractivity contribution in [1.29, 1.82) is 0 Å². The van der Waals surface area contributed by atoms with E-state index in [2.05, 4.69) is 47.8 Å². The molecule has 3 nitrogen and oxygen atoms in total. The largest absolute Gasteiger partial charge is 0.274 e. The number of hydrogen-bond acceptors (Lipinski definition) is 2. The van der Waals surface area contributed by atoms with E-state index in [-0.39, 0.29) is 33.3 Å². The molecule has 0 radical (unpaired) electrons. The number of carbonyl (C=O) groups excluding carboxylic acids is 2. The third kappa shape index (κ3) is 2.40. The lowest BCUT2D eigenvalue weighted by molar-refractivity contribution is -0.122. The first-order valence-electron chi connectivity index (χ1n) is 6.40. The van der Waals surface area contributed by atoms with Crippen molar-refractivity contribution in [1.82, 2.24) is 0 Å². The van der Waals surface area contributed by atoms with E-state index in [0.29, 0.717) is 18.5 Å². The van der Waals surface area contributed by atoms with Crippen molar-refractivity contribution in [3.63, 3.8) is 0 Å². The van der Waals surface area contributed by atoms with Crippen molar-refractivity contribution >= 4 is 65.3 Å². The van der Waals surface area contributed by atoms with Crippen molar-refractivity contribution in [2.45, 2.75) is 22.5 Å². The van der Waals surface area contributed by atoms with Gasteiger partial charge in [0.15, 0.2) is 0 Å². The first kappa shape index (κ1) is 14.7. The molecule has 106 valence electrons. The lowest BCUT2D eigenvalue weighted by atomic mass is 9.81. The van der Waals surface area contributed by atoms with Crippen LogP contribution in [0.4, 0.5) is 5.69 Å². The van der Waals surface area contributed by atoms with Crippen molar-refractivity contribution in [3.8, 4) is 0 Å². The lowest BCUT2D eigenvalue weighted by Gasteiger charge is -2.29. The number of imide groups is 1. The van der Waals surface area contributed by atoms with Crippen LogP contribution in [-0.4, -0.2) is 21.5 Å². The van der Waals surface area contributed by atoms with Crippen molar-refractivity contribution in [3.05, 3.63) is 28.7 Å². The van der Waals surface area contributed by atoms with Gasteiger partial charge in [0.05, 0.1) is 17.5 Å². The fourth-order valence-corrected chi connectivity index (χ4v) is 4.44. The summed E-state index contributed by atoms with van der Waals surface area (Å²) in [6.07, 6.45) is 1.41. The van der Waals surface area contributed by atoms with Crippen LogP contribution in [0.1, 0.15) is 12.8 Å². The van der Waals surface area contributed by atoms with Gasteiger partial charge >= 0.3 is 0 Å². The highest BCUT2D eigenvalue weighted by molar-refractivity contribution is 9.12. The van der Waals surface area contributed by atoms with Gasteiger partial charge in [-0.3, -0.25) is 14.5 Å². The molecule has 2 fully saturated rings. The van der Waals surface area contributed by atoms with Crippen LogP contribution in [0.5, 0.6) is 0 Å². The van der Waals surface area contributed by atoms with E-state index in [1.165, 1.54) is 4.90 Å². The number of carbonyl (C=O) groups is 2. The fraction of sp³-hybridized carbons (Fsp3) is 0.429. The number of fused-ring (bicyclic) bond motifs is 1. The molecule has 0 spiro atoms. The number of rotatable bonds is 1. The first-order chi connectivity index (χ1) is 9.49. The molecule has 0 unspecified atom stereocenters. The molecule has 0 bridgehead atoms. The second-order valence-electron chi connectivity index (χ2n) is 5.20. The van der Waals surface area contributed by atoms with Crippen LogP contribution in [0.15, 0.2) is 28.7 Å². The highest BCUT2D eigenvalue weighted by Gasteiger charge is 2.52. The normalized spacial score (nSPS) is 33.5. The number of alkyl halides is 2. The van der Waals surface area contributed by atoms with Crippen LogP contribution in [0.2, 0.25) is 0 Å². The van der Waals surface area contributed by atoms with Gasteiger partial charge in [0.1, 0.15) is 0 Å². The Morgan fingerprint density at radius 1 is 0.900 bits per heavy atom. The number of halogens is 3. The summed E-state index contributed by atoms with van der Waals surface area (Å²) in [5.74, 6) is -0.508.